The molecule has 11 heteroatoms. The molecule has 0 aliphatic carbocycles. The van der Waals surface area contributed by atoms with E-state index in [-0.39, 0.29) is 12.0 Å². The second-order valence-electron chi connectivity index (χ2n) is 10.9. The lowest BCUT2D eigenvalue weighted by Crippen LogP contribution is -2.44. The second kappa shape index (κ2) is 13.4. The van der Waals surface area contributed by atoms with E-state index in [1.807, 2.05) is 38.1 Å². The predicted octanol–water partition coefficient (Wildman–Crippen LogP) is 6.81. The van der Waals surface area contributed by atoms with Gasteiger partial charge >= 0.3 is 0 Å². The van der Waals surface area contributed by atoms with Crippen molar-refractivity contribution in [3.63, 3.8) is 0 Å². The van der Waals surface area contributed by atoms with Crippen LogP contribution in [0.1, 0.15) is 70.7 Å². The summed E-state index contributed by atoms with van der Waals surface area (Å²) >= 11 is 0. The number of nitrogens with one attached hydrogen (secondary N) is 1. The number of rotatable bonds is 14. The number of hydrogen-bond donors (Lipinski definition) is 1. The summed E-state index contributed by atoms with van der Waals surface area (Å²) in [6.45, 7) is 7.86. The van der Waals surface area contributed by atoms with Gasteiger partial charge in [-0.1, -0.05) is 57.4 Å². The van der Waals surface area contributed by atoms with Crippen molar-refractivity contribution in [3.05, 3.63) is 83.3 Å². The van der Waals surface area contributed by atoms with Gasteiger partial charge in [-0.25, -0.2) is 13.5 Å². The number of hydrogen-bond acceptors (Lipinski definition) is 6. The lowest BCUT2D eigenvalue weighted by Gasteiger charge is -2.33. The third-order valence-corrected chi connectivity index (χ3v) is 7.73. The van der Waals surface area contributed by atoms with Crippen molar-refractivity contribution in [2.45, 2.75) is 71.5 Å². The molecule has 2 aromatic heterocycles. The second-order valence-corrected chi connectivity index (χ2v) is 10.9. The van der Waals surface area contributed by atoms with Crippen molar-refractivity contribution in [1.82, 2.24) is 25.3 Å². The van der Waals surface area contributed by atoms with Gasteiger partial charge in [0.1, 0.15) is 18.3 Å². The number of unbranched alkanes of at least 4 members (excludes halogenated alkanes) is 2. The van der Waals surface area contributed by atoms with Crippen LogP contribution in [-0.2, 0) is 16.9 Å². The van der Waals surface area contributed by atoms with Gasteiger partial charge in [0.2, 0.25) is 11.6 Å². The third-order valence-electron chi connectivity index (χ3n) is 7.73. The number of Topliss-reactive ketones (excluding diaryl/α,β-unsaturated/α-hetero) is 1. The largest absolute Gasteiger partial charge is 0.479 e. The molecule has 4 aromatic rings. The average molecular weight is 586 g/mol. The Morgan fingerprint density at radius 1 is 1.07 bits per heavy atom. The van der Waals surface area contributed by atoms with E-state index in [0.29, 0.717) is 25.1 Å². The fourth-order valence-electron chi connectivity index (χ4n) is 4.72. The minimum Gasteiger partial charge on any atom is -0.479 e. The molecular weight excluding hydrogens is 550 g/mol. The molecule has 7 nitrogen and oxygen atoms in total. The lowest BCUT2D eigenvalue weighted by molar-refractivity contribution is -0.124. The molecule has 0 saturated carbocycles. The Morgan fingerprint density at radius 2 is 1.81 bits per heavy atom. The van der Waals surface area contributed by atoms with Crippen molar-refractivity contribution < 1.29 is 27.1 Å². The van der Waals surface area contributed by atoms with Gasteiger partial charge in [0, 0.05) is 24.2 Å². The summed E-state index contributed by atoms with van der Waals surface area (Å²) in [5.74, 6) is -8.38. The summed E-state index contributed by atoms with van der Waals surface area (Å²) in [5, 5.41) is 13.3. The summed E-state index contributed by atoms with van der Waals surface area (Å²) < 4.78 is 61.8. The molecule has 0 radical (unpaired) electrons. The molecule has 42 heavy (non-hydrogen) atoms. The Kier molecular flexibility index (Phi) is 9.93. The molecule has 0 saturated heterocycles. The van der Waals surface area contributed by atoms with Gasteiger partial charge in [-0.15, -0.1) is 5.10 Å². The number of halogens is 4. The zero-order chi connectivity index (χ0) is 30.4. The fourth-order valence-corrected chi connectivity index (χ4v) is 4.72. The minimum atomic E-state index is -1.70. The Morgan fingerprint density at radius 3 is 2.50 bits per heavy atom. The Labute approximate surface area is 242 Å². The number of aromatic nitrogens is 4. The summed E-state index contributed by atoms with van der Waals surface area (Å²) in [5.41, 5.74) is 1.96. The number of fused-ring (bicyclic) bond motifs is 1. The minimum absolute atomic E-state index is 0.0798. The maximum Gasteiger partial charge on any atom is 0.203 e. The maximum absolute atomic E-state index is 14.1. The van der Waals surface area contributed by atoms with E-state index >= 15 is 0 Å². The maximum atomic E-state index is 14.1. The number of nitrogens with zero attached hydrogens (tertiary/aromatic N) is 4. The summed E-state index contributed by atoms with van der Waals surface area (Å²) in [6, 6.07) is 9.19. The standard InChI is InChI=1S/C31H35F4N5O2/c1-5-6-7-10-25(26(41)18-42-30-28(34)22(32)15-23(33)29(30)35)40-17-27(38-39-40)31(4,19(2)3)37-16-20-11-12-24-21(14-20)9-8-13-36-24/h8-9,11-15,17,19,25,37H,5-7,10,16,18H2,1-4H3/t25?,31-/m0/s1. The molecule has 1 unspecified atom stereocenters. The van der Waals surface area contributed by atoms with Crippen LogP contribution in [0.5, 0.6) is 5.75 Å². The topological polar surface area (TPSA) is 81.9 Å². The SMILES string of the molecule is CCCCCC(C(=O)COc1c(F)c(F)cc(F)c1F)n1cc([C@@](C)(NCc2ccc3ncccc3c2)C(C)C)nn1. The van der Waals surface area contributed by atoms with Crippen molar-refractivity contribution in [2.24, 2.45) is 5.92 Å². The molecule has 0 aliphatic rings. The molecule has 0 fully saturated rings. The normalized spacial score (nSPS) is 13.8. The number of benzene rings is 2. The van der Waals surface area contributed by atoms with Crippen molar-refractivity contribution in [3.8, 4) is 5.75 Å². The molecule has 2 atom stereocenters. The molecule has 0 aliphatic heterocycles. The number of pyridine rings is 1. The van der Waals surface area contributed by atoms with Crippen LogP contribution in [-0.4, -0.2) is 32.4 Å². The predicted molar refractivity (Wildman–Crippen MR) is 151 cm³/mol. The quantitative estimate of drug-likeness (QED) is 0.0995. The van der Waals surface area contributed by atoms with Crippen molar-refractivity contribution in [2.75, 3.05) is 6.61 Å². The first-order valence-electron chi connectivity index (χ1n) is 14.0. The molecule has 0 amide bonds. The highest BCUT2D eigenvalue weighted by molar-refractivity contribution is 5.84. The molecule has 0 bridgehead atoms. The smallest absolute Gasteiger partial charge is 0.203 e. The van der Waals surface area contributed by atoms with E-state index < -0.39 is 53.0 Å². The molecular formula is C31H35F4N5O2. The van der Waals surface area contributed by atoms with E-state index in [2.05, 4.69) is 40.5 Å². The van der Waals surface area contributed by atoms with Gasteiger partial charge in [0.25, 0.3) is 0 Å². The van der Waals surface area contributed by atoms with Crippen molar-refractivity contribution in [1.29, 1.82) is 0 Å². The van der Waals surface area contributed by atoms with E-state index in [0.717, 1.165) is 29.3 Å². The van der Waals surface area contributed by atoms with Gasteiger partial charge < -0.3 is 10.1 Å². The van der Waals surface area contributed by atoms with Crippen LogP contribution in [0.25, 0.3) is 10.9 Å². The van der Waals surface area contributed by atoms with Gasteiger partial charge in [-0.2, -0.15) is 8.78 Å². The average Bonchev–Trinajstić information content (AvgIpc) is 3.47. The van der Waals surface area contributed by atoms with E-state index in [4.69, 9.17) is 4.74 Å². The van der Waals surface area contributed by atoms with Gasteiger partial charge in [0.05, 0.1) is 17.3 Å². The van der Waals surface area contributed by atoms with Crippen LogP contribution in [0, 0.1) is 29.2 Å². The lowest BCUT2D eigenvalue weighted by atomic mass is 9.85. The molecule has 2 aromatic carbocycles. The van der Waals surface area contributed by atoms with E-state index in [9.17, 15) is 22.4 Å². The highest BCUT2D eigenvalue weighted by atomic mass is 19.2. The number of ether oxygens (including phenoxy) is 1. The molecule has 224 valence electrons. The zero-order valence-electron chi connectivity index (χ0n) is 24.1. The Hall–Kier alpha value is -3.86. The van der Waals surface area contributed by atoms with Crippen LogP contribution < -0.4 is 10.1 Å². The molecule has 2 heterocycles. The first-order chi connectivity index (χ1) is 20.0. The van der Waals surface area contributed by atoms with Crippen LogP contribution in [0.4, 0.5) is 17.6 Å². The van der Waals surface area contributed by atoms with Crippen LogP contribution in [0.3, 0.4) is 0 Å². The fraction of sp³-hybridized carbons (Fsp3) is 0.419. The van der Waals surface area contributed by atoms with Gasteiger partial charge in [0.15, 0.2) is 23.2 Å². The van der Waals surface area contributed by atoms with E-state index in [1.54, 1.807) is 12.4 Å². The summed E-state index contributed by atoms with van der Waals surface area (Å²) in [6.07, 6.45) is 6.24. The highest BCUT2D eigenvalue weighted by Gasteiger charge is 2.34. The summed E-state index contributed by atoms with van der Waals surface area (Å²) in [4.78, 5) is 17.6. The first kappa shape index (κ1) is 31.1. The first-order valence-corrected chi connectivity index (χ1v) is 14.0. The van der Waals surface area contributed by atoms with Crippen LogP contribution in [0.2, 0.25) is 0 Å². The third kappa shape index (κ3) is 6.78. The van der Waals surface area contributed by atoms with Crippen LogP contribution in [0.15, 0.2) is 48.8 Å². The zero-order valence-corrected chi connectivity index (χ0v) is 24.1. The number of ketones is 1. The van der Waals surface area contributed by atoms with E-state index in [1.165, 1.54) is 4.68 Å². The summed E-state index contributed by atoms with van der Waals surface area (Å²) in [7, 11) is 0. The van der Waals surface area contributed by atoms with Gasteiger partial charge in [-0.05, 0) is 43.0 Å². The number of carbonyl (C=O) groups is 1. The Bertz CT molecular complexity index is 1520. The molecule has 1 N–H and O–H groups in total. The highest BCUT2D eigenvalue weighted by Crippen LogP contribution is 2.30. The Balaban J connectivity index is 1.54. The number of carbonyl (C=O) groups excluding carboxylic acids is 1. The van der Waals surface area contributed by atoms with Crippen LogP contribution >= 0.6 is 0 Å². The van der Waals surface area contributed by atoms with Crippen molar-refractivity contribution >= 4 is 16.7 Å². The molecule has 4 rings (SSSR count). The molecule has 0 spiro atoms. The van der Waals surface area contributed by atoms with Gasteiger partial charge in [-0.3, -0.25) is 9.78 Å². The monoisotopic (exact) mass is 585 g/mol.